The maximum absolute atomic E-state index is 12.7. The highest BCUT2D eigenvalue weighted by molar-refractivity contribution is 6.30. The van der Waals surface area contributed by atoms with Gasteiger partial charge in [-0.05, 0) is 54.7 Å². The van der Waals surface area contributed by atoms with Crippen molar-refractivity contribution in [2.45, 2.75) is 46.3 Å². The molecule has 0 N–H and O–H groups in total. The van der Waals surface area contributed by atoms with Gasteiger partial charge in [-0.1, -0.05) is 49.7 Å². The fourth-order valence-corrected chi connectivity index (χ4v) is 2.84. The van der Waals surface area contributed by atoms with Crippen LogP contribution in [0.2, 0.25) is 5.02 Å². The predicted octanol–water partition coefficient (Wildman–Crippen LogP) is 5.20. The Balaban J connectivity index is 2.07. The topological polar surface area (TPSA) is 29.5 Å². The van der Waals surface area contributed by atoms with Gasteiger partial charge in [0.2, 0.25) is 0 Å². The van der Waals surface area contributed by atoms with E-state index >= 15 is 0 Å². The largest absolute Gasteiger partial charge is 0.481 e. The maximum atomic E-state index is 12.7. The highest BCUT2D eigenvalue weighted by Gasteiger charge is 2.21. The number of ether oxygens (including phenoxy) is 1. The van der Waals surface area contributed by atoms with Crippen molar-refractivity contribution >= 4 is 17.5 Å². The van der Waals surface area contributed by atoms with E-state index in [1.165, 1.54) is 0 Å². The number of aryl methyl sites for hydroxylation is 1. The monoisotopic (exact) mass is 359 g/mol. The first kappa shape index (κ1) is 19.3. The molecule has 0 radical (unpaired) electrons. The molecule has 0 aliphatic heterocycles. The second-order valence-corrected chi connectivity index (χ2v) is 7.21. The molecule has 0 saturated carbocycles. The van der Waals surface area contributed by atoms with Gasteiger partial charge in [0.1, 0.15) is 5.75 Å². The van der Waals surface area contributed by atoms with E-state index in [-0.39, 0.29) is 5.91 Å². The summed E-state index contributed by atoms with van der Waals surface area (Å²) < 4.78 is 6.02. The molecule has 0 spiro atoms. The summed E-state index contributed by atoms with van der Waals surface area (Å²) in [7, 11) is 1.79. The third-order valence-electron chi connectivity index (χ3n) is 4.15. The second kappa shape index (κ2) is 8.39. The minimum absolute atomic E-state index is 0.0498. The first-order chi connectivity index (χ1) is 11.8. The maximum Gasteiger partial charge on any atom is 0.263 e. The minimum atomic E-state index is -0.545. The van der Waals surface area contributed by atoms with Gasteiger partial charge in [-0.2, -0.15) is 0 Å². The molecule has 0 fully saturated rings. The van der Waals surface area contributed by atoms with Gasteiger partial charge in [-0.3, -0.25) is 4.79 Å². The third kappa shape index (κ3) is 5.23. The number of carbonyl (C=O) groups is 1. The summed E-state index contributed by atoms with van der Waals surface area (Å²) in [5, 5.41) is 0.690. The fraction of sp³-hybridized carbons (Fsp3) is 0.381. The number of halogens is 1. The first-order valence-electron chi connectivity index (χ1n) is 8.54. The molecule has 0 aliphatic carbocycles. The number of amides is 1. The summed E-state index contributed by atoms with van der Waals surface area (Å²) in [6, 6.07) is 13.7. The first-order valence-corrected chi connectivity index (χ1v) is 8.92. The Kier molecular flexibility index (Phi) is 6.49. The number of hydrogen-bond acceptors (Lipinski definition) is 2. The van der Waals surface area contributed by atoms with E-state index in [2.05, 4.69) is 26.0 Å². The van der Waals surface area contributed by atoms with E-state index in [9.17, 15) is 4.79 Å². The molecule has 0 aromatic heterocycles. The lowest BCUT2D eigenvalue weighted by molar-refractivity contribution is -0.137. The molecule has 1 amide bonds. The van der Waals surface area contributed by atoms with Gasteiger partial charge in [0.25, 0.3) is 5.91 Å². The van der Waals surface area contributed by atoms with Crippen LogP contribution in [0.3, 0.4) is 0 Å². The molecule has 0 unspecified atom stereocenters. The van der Waals surface area contributed by atoms with Crippen LogP contribution in [0.4, 0.5) is 0 Å². The normalized spacial score (nSPS) is 12.1. The molecule has 134 valence electrons. The van der Waals surface area contributed by atoms with Crippen molar-refractivity contribution in [1.82, 2.24) is 4.90 Å². The molecule has 2 aromatic rings. The highest BCUT2D eigenvalue weighted by atomic mass is 35.5. The van der Waals surface area contributed by atoms with Crippen LogP contribution in [-0.2, 0) is 11.3 Å². The van der Waals surface area contributed by atoms with Crippen LogP contribution in [0.1, 0.15) is 43.4 Å². The summed E-state index contributed by atoms with van der Waals surface area (Å²) in [5.41, 5.74) is 3.27. The number of rotatable bonds is 6. The summed E-state index contributed by atoms with van der Waals surface area (Å²) in [5.74, 6) is 1.08. The van der Waals surface area contributed by atoms with Gasteiger partial charge in [-0.15, -0.1) is 0 Å². The zero-order chi connectivity index (χ0) is 18.6. The van der Waals surface area contributed by atoms with Gasteiger partial charge < -0.3 is 9.64 Å². The van der Waals surface area contributed by atoms with Gasteiger partial charge in [0, 0.05) is 18.6 Å². The molecule has 4 heteroatoms. The summed E-state index contributed by atoms with van der Waals surface area (Å²) in [4.78, 5) is 14.3. The number of carbonyl (C=O) groups excluding carboxylic acids is 1. The average molecular weight is 360 g/mol. The molecule has 0 saturated heterocycles. The van der Waals surface area contributed by atoms with Crippen molar-refractivity contribution in [3.8, 4) is 5.75 Å². The molecule has 0 bridgehead atoms. The predicted molar refractivity (Wildman–Crippen MR) is 103 cm³/mol. The van der Waals surface area contributed by atoms with Crippen LogP contribution < -0.4 is 4.74 Å². The Morgan fingerprint density at radius 2 is 1.76 bits per heavy atom. The average Bonchev–Trinajstić information content (AvgIpc) is 2.55. The summed E-state index contributed by atoms with van der Waals surface area (Å²) in [6.45, 7) is 8.59. The Labute approximate surface area is 155 Å². The lowest BCUT2D eigenvalue weighted by Crippen LogP contribution is -2.37. The number of likely N-dealkylation sites (N-methyl/N-ethyl adjacent to an activating group) is 1. The van der Waals surface area contributed by atoms with E-state index in [1.807, 2.05) is 37.3 Å². The Morgan fingerprint density at radius 1 is 1.12 bits per heavy atom. The van der Waals surface area contributed by atoms with Gasteiger partial charge in [-0.25, -0.2) is 0 Å². The molecule has 3 nitrogen and oxygen atoms in total. The molecule has 2 aromatic carbocycles. The lowest BCUT2D eigenvalue weighted by Gasteiger charge is -2.24. The van der Waals surface area contributed by atoms with Crippen LogP contribution in [0.15, 0.2) is 42.5 Å². The quantitative estimate of drug-likeness (QED) is 0.709. The molecule has 1 atom stereocenters. The van der Waals surface area contributed by atoms with Crippen molar-refractivity contribution in [3.63, 3.8) is 0 Å². The van der Waals surface area contributed by atoms with E-state index in [0.29, 0.717) is 17.5 Å². The second-order valence-electron chi connectivity index (χ2n) is 6.78. The third-order valence-corrected chi connectivity index (χ3v) is 4.40. The summed E-state index contributed by atoms with van der Waals surface area (Å²) >= 11 is 5.90. The summed E-state index contributed by atoms with van der Waals surface area (Å²) in [6.07, 6.45) is -0.545. The van der Waals surface area contributed by atoms with Crippen molar-refractivity contribution in [1.29, 1.82) is 0 Å². The van der Waals surface area contributed by atoms with Crippen molar-refractivity contribution in [2.75, 3.05) is 7.05 Å². The van der Waals surface area contributed by atoms with E-state index in [1.54, 1.807) is 18.9 Å². The molecular weight excluding hydrogens is 334 g/mol. The fourth-order valence-electron chi connectivity index (χ4n) is 2.71. The minimum Gasteiger partial charge on any atom is -0.481 e. The number of hydrogen-bond donors (Lipinski definition) is 0. The molecular formula is C21H26ClNO2. The van der Waals surface area contributed by atoms with Gasteiger partial charge in [0.05, 0.1) is 0 Å². The van der Waals surface area contributed by atoms with Crippen LogP contribution in [0, 0.1) is 6.92 Å². The van der Waals surface area contributed by atoms with Crippen LogP contribution >= 0.6 is 11.6 Å². The van der Waals surface area contributed by atoms with Crippen LogP contribution in [0.25, 0.3) is 0 Å². The number of benzene rings is 2. The smallest absolute Gasteiger partial charge is 0.263 e. The molecule has 0 aliphatic rings. The van der Waals surface area contributed by atoms with E-state index in [4.69, 9.17) is 16.3 Å². The highest BCUT2D eigenvalue weighted by Crippen LogP contribution is 2.28. The van der Waals surface area contributed by atoms with E-state index in [0.717, 1.165) is 22.4 Å². The molecule has 25 heavy (non-hydrogen) atoms. The van der Waals surface area contributed by atoms with Crippen molar-refractivity contribution < 1.29 is 9.53 Å². The SMILES string of the molecule is Cc1ccc(C(C)C)c(O[C@@H](C)C(=O)N(C)Cc2ccc(Cl)cc2)c1. The van der Waals surface area contributed by atoms with E-state index < -0.39 is 6.10 Å². The standard InChI is InChI=1S/C21H26ClNO2/c1-14(2)19-11-6-15(3)12-20(19)25-16(4)21(24)23(5)13-17-7-9-18(22)10-8-17/h6-12,14,16H,13H2,1-5H3/t16-/m0/s1. The zero-order valence-corrected chi connectivity index (χ0v) is 16.3. The van der Waals surface area contributed by atoms with Gasteiger partial charge >= 0.3 is 0 Å². The molecule has 0 heterocycles. The Morgan fingerprint density at radius 3 is 2.36 bits per heavy atom. The van der Waals surface area contributed by atoms with Crippen LogP contribution in [0.5, 0.6) is 5.75 Å². The van der Waals surface area contributed by atoms with Crippen molar-refractivity contribution in [3.05, 3.63) is 64.2 Å². The lowest BCUT2D eigenvalue weighted by atomic mass is 10.0. The Hall–Kier alpha value is -2.00. The number of nitrogens with zero attached hydrogens (tertiary/aromatic N) is 1. The van der Waals surface area contributed by atoms with Gasteiger partial charge in [0.15, 0.2) is 6.10 Å². The Bertz CT molecular complexity index is 725. The van der Waals surface area contributed by atoms with Crippen molar-refractivity contribution in [2.24, 2.45) is 0 Å². The zero-order valence-electron chi connectivity index (χ0n) is 15.5. The van der Waals surface area contributed by atoms with Crippen LogP contribution in [-0.4, -0.2) is 24.0 Å². The molecule has 2 rings (SSSR count).